The van der Waals surface area contributed by atoms with Crippen molar-refractivity contribution in [2.24, 2.45) is 0 Å². The minimum absolute atomic E-state index is 0.0778. The Morgan fingerprint density at radius 2 is 1.90 bits per heavy atom. The van der Waals surface area contributed by atoms with E-state index in [-0.39, 0.29) is 6.61 Å². The summed E-state index contributed by atoms with van der Waals surface area (Å²) >= 11 is 5.43. The van der Waals surface area contributed by atoms with E-state index in [1.165, 1.54) is 0 Å². The Bertz CT molecular complexity index is 106. The van der Waals surface area contributed by atoms with Crippen LogP contribution < -0.4 is 0 Å². The summed E-state index contributed by atoms with van der Waals surface area (Å²) in [5.74, 6) is 0. The lowest BCUT2D eigenvalue weighted by Gasteiger charge is -2.31. The molecule has 0 amide bonds. The van der Waals surface area contributed by atoms with Crippen molar-refractivity contribution in [2.45, 2.75) is 23.9 Å². The second-order valence-electron chi connectivity index (χ2n) is 2.23. The molecular weight excluding hydrogens is 160 g/mol. The van der Waals surface area contributed by atoms with Gasteiger partial charge in [-0.3, -0.25) is 0 Å². The Kier molecular flexibility index (Phi) is 2.49. The van der Waals surface area contributed by atoms with Crippen LogP contribution in [0.25, 0.3) is 0 Å². The zero-order valence-electron chi connectivity index (χ0n) is 5.14. The number of aliphatic hydroxyl groups excluding tert-OH is 3. The van der Waals surface area contributed by atoms with Crippen molar-refractivity contribution in [3.8, 4) is 0 Å². The van der Waals surface area contributed by atoms with Gasteiger partial charge in [-0.15, -0.1) is 11.6 Å². The molecule has 60 valence electrons. The fraction of sp³-hybridized carbons (Fsp3) is 1.00. The molecule has 3 N–H and O–H groups in total. The lowest BCUT2D eigenvalue weighted by atomic mass is 10.1. The molecule has 4 atom stereocenters. The van der Waals surface area contributed by atoms with Crippen LogP contribution in [-0.4, -0.2) is 45.8 Å². The number of ether oxygens (including phenoxy) is 1. The van der Waals surface area contributed by atoms with Gasteiger partial charge in [-0.25, -0.2) is 0 Å². The van der Waals surface area contributed by atoms with Gasteiger partial charge in [0.1, 0.15) is 17.6 Å². The summed E-state index contributed by atoms with van der Waals surface area (Å²) in [6, 6.07) is 0. The monoisotopic (exact) mass is 168 g/mol. The molecule has 0 saturated carbocycles. The van der Waals surface area contributed by atoms with Crippen LogP contribution in [0.4, 0.5) is 0 Å². The molecule has 1 aliphatic rings. The van der Waals surface area contributed by atoms with Crippen molar-refractivity contribution < 1.29 is 20.1 Å². The SMILES string of the molecule is O[C@@H]1[C@H](Cl)[C@H](O)OC[C@H]1O. The van der Waals surface area contributed by atoms with Gasteiger partial charge in [-0.1, -0.05) is 0 Å². The van der Waals surface area contributed by atoms with E-state index in [4.69, 9.17) is 26.9 Å². The highest BCUT2D eigenvalue weighted by molar-refractivity contribution is 6.21. The highest BCUT2D eigenvalue weighted by atomic mass is 35.5. The molecule has 0 aliphatic carbocycles. The zero-order valence-corrected chi connectivity index (χ0v) is 5.90. The largest absolute Gasteiger partial charge is 0.389 e. The first-order chi connectivity index (χ1) is 4.63. The first-order valence-corrected chi connectivity index (χ1v) is 3.36. The molecule has 5 heteroatoms. The molecule has 1 saturated heterocycles. The predicted octanol–water partition coefficient (Wildman–Crippen LogP) is -1.34. The highest BCUT2D eigenvalue weighted by Crippen LogP contribution is 2.18. The zero-order chi connectivity index (χ0) is 7.72. The van der Waals surface area contributed by atoms with E-state index in [1.807, 2.05) is 0 Å². The van der Waals surface area contributed by atoms with E-state index in [0.717, 1.165) is 0 Å². The first-order valence-electron chi connectivity index (χ1n) is 2.93. The smallest absolute Gasteiger partial charge is 0.173 e. The highest BCUT2D eigenvalue weighted by Gasteiger charge is 2.36. The second-order valence-corrected chi connectivity index (χ2v) is 2.73. The van der Waals surface area contributed by atoms with Crippen LogP contribution in [-0.2, 0) is 4.74 Å². The summed E-state index contributed by atoms with van der Waals surface area (Å²) in [6.45, 7) is -0.0778. The molecule has 0 unspecified atom stereocenters. The van der Waals surface area contributed by atoms with Gasteiger partial charge >= 0.3 is 0 Å². The summed E-state index contributed by atoms with van der Waals surface area (Å²) in [5, 5.41) is 25.8. The fourth-order valence-electron chi connectivity index (χ4n) is 0.769. The minimum Gasteiger partial charge on any atom is -0.389 e. The number of alkyl halides is 1. The molecule has 1 rings (SSSR count). The molecule has 0 aromatic carbocycles. The summed E-state index contributed by atoms with van der Waals surface area (Å²) in [6.07, 6.45) is -3.28. The lowest BCUT2D eigenvalue weighted by Crippen LogP contribution is -2.50. The van der Waals surface area contributed by atoms with Crippen LogP contribution in [0.3, 0.4) is 0 Å². The summed E-state index contributed by atoms with van der Waals surface area (Å²) in [5.41, 5.74) is 0. The van der Waals surface area contributed by atoms with Crippen LogP contribution >= 0.6 is 11.6 Å². The van der Waals surface area contributed by atoms with Gasteiger partial charge in [-0.2, -0.15) is 0 Å². The molecule has 0 bridgehead atoms. The lowest BCUT2D eigenvalue weighted by molar-refractivity contribution is -0.190. The molecule has 0 spiro atoms. The average molecular weight is 169 g/mol. The van der Waals surface area contributed by atoms with Gasteiger partial charge in [0.15, 0.2) is 6.29 Å². The Morgan fingerprint density at radius 1 is 1.30 bits per heavy atom. The third kappa shape index (κ3) is 1.41. The molecule has 0 aromatic heterocycles. The number of hydrogen-bond donors (Lipinski definition) is 3. The normalized spacial score (nSPS) is 49.2. The van der Waals surface area contributed by atoms with Crippen molar-refractivity contribution in [1.82, 2.24) is 0 Å². The van der Waals surface area contributed by atoms with E-state index < -0.39 is 23.9 Å². The summed E-state index contributed by atoms with van der Waals surface area (Å²) in [4.78, 5) is 0. The van der Waals surface area contributed by atoms with Crippen molar-refractivity contribution in [3.63, 3.8) is 0 Å². The first kappa shape index (κ1) is 8.23. The molecule has 0 radical (unpaired) electrons. The maximum atomic E-state index is 8.99. The van der Waals surface area contributed by atoms with Crippen LogP contribution in [0.2, 0.25) is 0 Å². The molecule has 0 aromatic rings. The molecule has 4 nitrogen and oxygen atoms in total. The summed E-state index contributed by atoms with van der Waals surface area (Å²) < 4.78 is 4.59. The van der Waals surface area contributed by atoms with E-state index in [9.17, 15) is 0 Å². The van der Waals surface area contributed by atoms with Gasteiger partial charge in [-0.05, 0) is 0 Å². The number of halogens is 1. The van der Waals surface area contributed by atoms with Gasteiger partial charge in [0, 0.05) is 0 Å². The number of rotatable bonds is 0. The molecular formula is C5H9ClO4. The predicted molar refractivity (Wildman–Crippen MR) is 33.6 cm³/mol. The van der Waals surface area contributed by atoms with Crippen LogP contribution in [0, 0.1) is 0 Å². The van der Waals surface area contributed by atoms with Crippen LogP contribution in [0.1, 0.15) is 0 Å². The maximum Gasteiger partial charge on any atom is 0.173 e. The van der Waals surface area contributed by atoms with Crippen LogP contribution in [0.15, 0.2) is 0 Å². The maximum absolute atomic E-state index is 8.99. The Labute approximate surface area is 63.0 Å². The molecule has 1 aliphatic heterocycles. The average Bonchev–Trinajstić information content (AvgIpc) is 1.93. The topological polar surface area (TPSA) is 69.9 Å². The van der Waals surface area contributed by atoms with Crippen molar-refractivity contribution in [2.75, 3.05) is 6.61 Å². The standard InChI is InChI=1S/C5H9ClO4/c6-3-4(8)2(7)1-10-5(3)9/h2-5,7-9H,1H2/t2-,3+,4+,5-/m1/s1. The molecule has 1 heterocycles. The van der Waals surface area contributed by atoms with Crippen molar-refractivity contribution in [3.05, 3.63) is 0 Å². The quantitative estimate of drug-likeness (QED) is 0.392. The third-order valence-corrected chi connectivity index (χ3v) is 1.90. The Hall–Kier alpha value is 0.130. The van der Waals surface area contributed by atoms with Gasteiger partial charge in [0.2, 0.25) is 0 Å². The van der Waals surface area contributed by atoms with Gasteiger partial charge in [0.25, 0.3) is 0 Å². The van der Waals surface area contributed by atoms with E-state index in [1.54, 1.807) is 0 Å². The number of hydrogen-bond acceptors (Lipinski definition) is 4. The van der Waals surface area contributed by atoms with E-state index in [2.05, 4.69) is 4.74 Å². The van der Waals surface area contributed by atoms with Crippen LogP contribution in [0.5, 0.6) is 0 Å². The van der Waals surface area contributed by atoms with Gasteiger partial charge in [0.05, 0.1) is 6.61 Å². The van der Waals surface area contributed by atoms with Gasteiger partial charge < -0.3 is 20.1 Å². The van der Waals surface area contributed by atoms with Crippen molar-refractivity contribution in [1.29, 1.82) is 0 Å². The second kappa shape index (κ2) is 3.02. The van der Waals surface area contributed by atoms with Crippen molar-refractivity contribution >= 4 is 11.6 Å². The molecule has 1 fully saturated rings. The summed E-state index contributed by atoms with van der Waals surface area (Å²) in [7, 11) is 0. The number of aliphatic hydroxyl groups is 3. The Balaban J connectivity index is 2.52. The molecule has 10 heavy (non-hydrogen) atoms. The third-order valence-electron chi connectivity index (χ3n) is 1.43. The minimum atomic E-state index is -1.18. The van der Waals surface area contributed by atoms with E-state index >= 15 is 0 Å². The fourth-order valence-corrected chi connectivity index (χ4v) is 1.01. The van der Waals surface area contributed by atoms with E-state index in [0.29, 0.717) is 0 Å². The Morgan fingerprint density at radius 3 is 2.40 bits per heavy atom.